The second kappa shape index (κ2) is 10.1. The molecule has 3 N–H and O–H groups in total. The SMILES string of the molecule is COc1cc(C)c2[nH]ccc2c1CN1CCCCC1.O=C(O)c1cccc(NC2CC2)c1. The molecule has 1 aliphatic carbocycles. The van der Waals surface area contributed by atoms with Crippen molar-refractivity contribution < 1.29 is 14.6 Å². The van der Waals surface area contributed by atoms with Crippen LogP contribution in [0.4, 0.5) is 5.69 Å². The van der Waals surface area contributed by atoms with E-state index in [1.54, 1.807) is 25.3 Å². The lowest BCUT2D eigenvalue weighted by Gasteiger charge is -2.27. The molecule has 5 rings (SSSR count). The highest BCUT2D eigenvalue weighted by Gasteiger charge is 2.21. The molecule has 6 nitrogen and oxygen atoms in total. The van der Waals surface area contributed by atoms with Crippen molar-refractivity contribution in [2.75, 3.05) is 25.5 Å². The summed E-state index contributed by atoms with van der Waals surface area (Å²) in [6.07, 6.45) is 8.43. The van der Waals surface area contributed by atoms with Gasteiger partial charge in [0.25, 0.3) is 0 Å². The van der Waals surface area contributed by atoms with Crippen LogP contribution in [-0.4, -0.2) is 47.2 Å². The fraction of sp³-hybridized carbons (Fsp3) is 0.423. The summed E-state index contributed by atoms with van der Waals surface area (Å²) in [6, 6.07) is 11.8. The van der Waals surface area contributed by atoms with Crippen LogP contribution in [0.1, 0.15) is 53.6 Å². The lowest BCUT2D eigenvalue weighted by Crippen LogP contribution is -2.29. The van der Waals surface area contributed by atoms with E-state index in [2.05, 4.69) is 34.3 Å². The van der Waals surface area contributed by atoms with Gasteiger partial charge in [-0.15, -0.1) is 0 Å². The van der Waals surface area contributed by atoms with Gasteiger partial charge in [-0.3, -0.25) is 4.90 Å². The maximum Gasteiger partial charge on any atom is 0.335 e. The number of hydrogen-bond acceptors (Lipinski definition) is 4. The van der Waals surface area contributed by atoms with E-state index in [1.807, 2.05) is 12.3 Å². The van der Waals surface area contributed by atoms with Gasteiger partial charge in [0.15, 0.2) is 0 Å². The van der Waals surface area contributed by atoms with E-state index in [9.17, 15) is 4.79 Å². The first-order valence-electron chi connectivity index (χ1n) is 11.5. The smallest absolute Gasteiger partial charge is 0.335 e. The first-order valence-corrected chi connectivity index (χ1v) is 11.5. The number of nitrogens with one attached hydrogen (secondary N) is 2. The molecule has 2 heterocycles. The molecule has 1 aromatic heterocycles. The molecular weight excluding hydrogens is 402 g/mol. The van der Waals surface area contributed by atoms with Crippen LogP contribution in [0.3, 0.4) is 0 Å². The number of aromatic amines is 1. The molecule has 170 valence electrons. The zero-order valence-electron chi connectivity index (χ0n) is 19.0. The third-order valence-corrected chi connectivity index (χ3v) is 6.22. The van der Waals surface area contributed by atoms with E-state index < -0.39 is 5.97 Å². The van der Waals surface area contributed by atoms with Gasteiger partial charge in [0.1, 0.15) is 5.75 Å². The van der Waals surface area contributed by atoms with Crippen molar-refractivity contribution in [2.45, 2.75) is 51.6 Å². The van der Waals surface area contributed by atoms with Crippen molar-refractivity contribution in [1.82, 2.24) is 9.88 Å². The summed E-state index contributed by atoms with van der Waals surface area (Å²) in [5, 5.41) is 13.3. The molecule has 0 atom stereocenters. The lowest BCUT2D eigenvalue weighted by molar-refractivity contribution is 0.0697. The topological polar surface area (TPSA) is 77.6 Å². The Labute approximate surface area is 189 Å². The summed E-state index contributed by atoms with van der Waals surface area (Å²) >= 11 is 0. The van der Waals surface area contributed by atoms with Crippen molar-refractivity contribution in [3.05, 3.63) is 59.3 Å². The average molecular weight is 436 g/mol. The van der Waals surface area contributed by atoms with Gasteiger partial charge in [0, 0.05) is 40.9 Å². The molecule has 2 fully saturated rings. The van der Waals surface area contributed by atoms with E-state index >= 15 is 0 Å². The van der Waals surface area contributed by atoms with Gasteiger partial charge in [-0.2, -0.15) is 0 Å². The number of carbonyl (C=O) groups is 1. The van der Waals surface area contributed by atoms with E-state index in [0.29, 0.717) is 11.6 Å². The summed E-state index contributed by atoms with van der Waals surface area (Å²) < 4.78 is 5.60. The number of H-pyrrole nitrogens is 1. The zero-order chi connectivity index (χ0) is 22.5. The minimum atomic E-state index is -0.876. The number of benzene rings is 2. The third kappa shape index (κ3) is 5.43. The molecule has 2 aliphatic rings. The van der Waals surface area contributed by atoms with Crippen molar-refractivity contribution in [3.8, 4) is 5.75 Å². The number of fused-ring (bicyclic) bond motifs is 1. The number of aromatic nitrogens is 1. The van der Waals surface area contributed by atoms with Crippen molar-refractivity contribution in [3.63, 3.8) is 0 Å². The summed E-state index contributed by atoms with van der Waals surface area (Å²) in [7, 11) is 1.77. The van der Waals surface area contributed by atoms with E-state index in [0.717, 1.165) is 18.0 Å². The van der Waals surface area contributed by atoms with Gasteiger partial charge in [-0.1, -0.05) is 12.5 Å². The van der Waals surface area contributed by atoms with Crippen molar-refractivity contribution >= 4 is 22.6 Å². The van der Waals surface area contributed by atoms with Crippen LogP contribution >= 0.6 is 0 Å². The van der Waals surface area contributed by atoms with Gasteiger partial charge < -0.3 is 20.1 Å². The Morgan fingerprint density at radius 1 is 1.19 bits per heavy atom. The molecule has 0 bridgehead atoms. The van der Waals surface area contributed by atoms with E-state index in [1.165, 1.54) is 67.2 Å². The number of anilines is 1. The Hall–Kier alpha value is -2.99. The number of aryl methyl sites for hydroxylation is 1. The Morgan fingerprint density at radius 3 is 2.66 bits per heavy atom. The normalized spacial score (nSPS) is 16.3. The van der Waals surface area contributed by atoms with Crippen molar-refractivity contribution in [1.29, 1.82) is 0 Å². The molecular formula is C26H33N3O3. The number of carboxylic acids is 1. The van der Waals surface area contributed by atoms with Crippen LogP contribution in [0.5, 0.6) is 5.75 Å². The van der Waals surface area contributed by atoms with Gasteiger partial charge in [0.05, 0.1) is 12.7 Å². The Balaban J connectivity index is 0.000000165. The van der Waals surface area contributed by atoms with Gasteiger partial charge in [-0.05, 0) is 81.6 Å². The average Bonchev–Trinajstić information content (AvgIpc) is 3.47. The number of aromatic carboxylic acids is 1. The van der Waals surface area contributed by atoms with Crippen LogP contribution in [0.25, 0.3) is 10.9 Å². The lowest BCUT2D eigenvalue weighted by atomic mass is 10.0. The molecule has 32 heavy (non-hydrogen) atoms. The van der Waals surface area contributed by atoms with E-state index in [-0.39, 0.29) is 0 Å². The fourth-order valence-electron chi connectivity index (χ4n) is 4.33. The van der Waals surface area contributed by atoms with Gasteiger partial charge >= 0.3 is 5.97 Å². The Morgan fingerprint density at radius 2 is 1.97 bits per heavy atom. The summed E-state index contributed by atoms with van der Waals surface area (Å²) in [5.74, 6) is 0.148. The molecule has 0 spiro atoms. The van der Waals surface area contributed by atoms with Crippen LogP contribution in [0.2, 0.25) is 0 Å². The molecule has 0 amide bonds. The van der Waals surface area contributed by atoms with E-state index in [4.69, 9.17) is 9.84 Å². The Kier molecular flexibility index (Phi) is 7.00. The molecule has 0 radical (unpaired) electrons. The number of likely N-dealkylation sites (tertiary alicyclic amines) is 1. The minimum absolute atomic E-state index is 0.339. The quantitative estimate of drug-likeness (QED) is 0.481. The molecule has 3 aromatic rings. The van der Waals surface area contributed by atoms with Crippen LogP contribution in [0.15, 0.2) is 42.6 Å². The maximum atomic E-state index is 10.6. The largest absolute Gasteiger partial charge is 0.496 e. The molecule has 1 saturated heterocycles. The summed E-state index contributed by atoms with van der Waals surface area (Å²) in [4.78, 5) is 16.5. The number of ether oxygens (including phenoxy) is 1. The molecule has 6 heteroatoms. The standard InChI is InChI=1S/C16H22N2O.C10H11NO2/c1-12-10-15(19-2)14(13-6-7-17-16(12)13)11-18-8-4-3-5-9-18;12-10(13)7-2-1-3-9(6-7)11-8-4-5-8/h6-7,10,17H,3-5,8-9,11H2,1-2H3;1-3,6,8,11H,4-5H2,(H,12,13). The second-order valence-electron chi connectivity index (χ2n) is 8.78. The molecule has 1 aliphatic heterocycles. The predicted molar refractivity (Wildman–Crippen MR) is 129 cm³/mol. The number of nitrogens with zero attached hydrogens (tertiary/aromatic N) is 1. The van der Waals surface area contributed by atoms with Crippen molar-refractivity contribution in [2.24, 2.45) is 0 Å². The van der Waals surface area contributed by atoms with Crippen LogP contribution in [-0.2, 0) is 6.54 Å². The van der Waals surface area contributed by atoms with Gasteiger partial charge in [-0.25, -0.2) is 4.79 Å². The molecule has 0 unspecified atom stereocenters. The predicted octanol–water partition coefficient (Wildman–Crippen LogP) is 5.43. The highest BCUT2D eigenvalue weighted by Crippen LogP contribution is 2.32. The number of hydrogen-bond donors (Lipinski definition) is 3. The number of methoxy groups -OCH3 is 1. The minimum Gasteiger partial charge on any atom is -0.496 e. The molecule has 2 aromatic carbocycles. The number of carboxylic acid groups (broad SMARTS) is 1. The zero-order valence-corrected chi connectivity index (χ0v) is 19.0. The van der Waals surface area contributed by atoms with Gasteiger partial charge in [0.2, 0.25) is 0 Å². The molecule has 1 saturated carbocycles. The number of piperidine rings is 1. The maximum absolute atomic E-state index is 10.6. The summed E-state index contributed by atoms with van der Waals surface area (Å²) in [5.41, 5.74) is 5.06. The summed E-state index contributed by atoms with van der Waals surface area (Å²) in [6.45, 7) is 5.55. The first-order chi connectivity index (χ1) is 15.5. The highest BCUT2D eigenvalue weighted by atomic mass is 16.5. The highest BCUT2D eigenvalue weighted by molar-refractivity contribution is 5.89. The third-order valence-electron chi connectivity index (χ3n) is 6.22. The Bertz CT molecular complexity index is 1070. The monoisotopic (exact) mass is 435 g/mol. The van der Waals surface area contributed by atoms with Crippen LogP contribution < -0.4 is 10.1 Å². The second-order valence-corrected chi connectivity index (χ2v) is 8.78. The van der Waals surface area contributed by atoms with Crippen LogP contribution in [0, 0.1) is 6.92 Å². The first kappa shape index (κ1) is 22.2. The fourth-order valence-corrected chi connectivity index (χ4v) is 4.33. The number of rotatable bonds is 6.